The Balaban J connectivity index is 2.35. The minimum atomic E-state index is -2.22. The molecule has 382 valence electrons. The van der Waals surface area contributed by atoms with Gasteiger partial charge in [0, 0.05) is 58.3 Å². The molecule has 0 spiro atoms. The van der Waals surface area contributed by atoms with E-state index in [9.17, 15) is 20.1 Å². The maximum atomic E-state index is 14.7. The molecule has 3 aliphatic rings. The quantitative estimate of drug-likeness (QED) is 0.0724. The molecule has 18 unspecified atom stereocenters. The molecular weight excluding hydrogens is 873 g/mol. The lowest BCUT2D eigenvalue weighted by Crippen LogP contribution is -2.62. The summed E-state index contributed by atoms with van der Waals surface area (Å²) in [6.45, 7) is 34.2. The van der Waals surface area contributed by atoms with Crippen LogP contribution in [0.15, 0.2) is 5.16 Å². The molecule has 0 aromatic carbocycles. The Labute approximate surface area is 394 Å². The van der Waals surface area contributed by atoms with Crippen LogP contribution in [0, 0.1) is 23.7 Å². The third-order valence-electron chi connectivity index (χ3n) is 13.6. The number of methoxy groups -OCH3 is 2. The molecule has 0 radical (unpaired) electrons. The number of nitrogens with zero attached hydrogens (tertiary/aromatic N) is 2. The van der Waals surface area contributed by atoms with E-state index in [1.165, 1.54) is 14.0 Å². The molecule has 65 heavy (non-hydrogen) atoms. The molecule has 3 heterocycles. The number of aliphatic hydroxyl groups excluding tert-OH is 1. The van der Waals surface area contributed by atoms with Crippen LogP contribution in [-0.2, 0) is 51.6 Å². The van der Waals surface area contributed by atoms with Gasteiger partial charge in [-0.25, -0.2) is 0 Å². The van der Waals surface area contributed by atoms with Crippen LogP contribution >= 0.6 is 0 Å². The first-order chi connectivity index (χ1) is 29.5. The van der Waals surface area contributed by atoms with E-state index in [1.807, 2.05) is 48.7 Å². The lowest BCUT2D eigenvalue weighted by atomic mass is 9.73. The number of ether oxygens (including phenoxy) is 7. The fourth-order valence-electron chi connectivity index (χ4n) is 9.90. The molecule has 3 aliphatic heterocycles. The number of likely N-dealkylation sites (N-methyl/N-ethyl adjacent to an activating group) is 1. The number of cyclic esters (lactones) is 1. The summed E-state index contributed by atoms with van der Waals surface area (Å²) in [7, 11) is 2.90. The molecule has 18 atom stereocenters. The smallest absolute Gasteiger partial charge is 0.311 e. The third-order valence-corrected chi connectivity index (χ3v) is 15.6. The van der Waals surface area contributed by atoms with Crippen LogP contribution in [0.4, 0.5) is 0 Å². The molecule has 3 rings (SSSR count). The number of rotatable bonds is 14. The SMILES string of the molecule is CCC1OC(=O)C(C)C(OC2CC(C)(OC)C(O[Si](C)(C)C)C(C)O2)C(C)C(OC2OC(C)CC(N(C)C)C2O[Si](C)(C)C)C(C)(O)CC(C)/C(=N\OC(C)(C)OC)C(C)C(O)C1(C)O. The summed E-state index contributed by atoms with van der Waals surface area (Å²) >= 11 is 0. The van der Waals surface area contributed by atoms with Crippen molar-refractivity contribution in [3.8, 4) is 0 Å². The van der Waals surface area contributed by atoms with Gasteiger partial charge in [-0.15, -0.1) is 0 Å². The molecule has 0 aromatic heterocycles. The van der Waals surface area contributed by atoms with Crippen LogP contribution in [0.5, 0.6) is 0 Å². The minimum absolute atomic E-state index is 0.0346. The van der Waals surface area contributed by atoms with Gasteiger partial charge < -0.3 is 67.1 Å². The van der Waals surface area contributed by atoms with Gasteiger partial charge in [-0.1, -0.05) is 32.9 Å². The van der Waals surface area contributed by atoms with Gasteiger partial charge in [-0.3, -0.25) is 4.79 Å². The second kappa shape index (κ2) is 22.3. The van der Waals surface area contributed by atoms with Crippen molar-refractivity contribution in [1.29, 1.82) is 0 Å². The number of hydrogen-bond acceptors (Lipinski definition) is 16. The summed E-state index contributed by atoms with van der Waals surface area (Å²) in [5, 5.41) is 42.0. The maximum absolute atomic E-state index is 14.7. The zero-order valence-corrected chi connectivity index (χ0v) is 46.2. The predicted molar refractivity (Wildman–Crippen MR) is 255 cm³/mol. The van der Waals surface area contributed by atoms with Gasteiger partial charge in [-0.2, -0.15) is 0 Å². The van der Waals surface area contributed by atoms with Gasteiger partial charge in [0.25, 0.3) is 0 Å². The van der Waals surface area contributed by atoms with Crippen molar-refractivity contribution in [3.63, 3.8) is 0 Å². The molecule has 0 saturated carbocycles. The molecule has 0 aromatic rings. The Bertz CT molecular complexity index is 1550. The molecule has 3 N–H and O–H groups in total. The van der Waals surface area contributed by atoms with Crippen LogP contribution in [0.1, 0.15) is 109 Å². The van der Waals surface area contributed by atoms with Gasteiger partial charge in [0.2, 0.25) is 5.79 Å². The Morgan fingerprint density at radius 1 is 0.846 bits per heavy atom. The number of carbonyl (C=O) groups excluding carboxylic acids is 1. The highest BCUT2D eigenvalue weighted by Gasteiger charge is 2.55. The number of aliphatic hydroxyl groups is 3. The molecular formula is C47H92N2O14Si2. The highest BCUT2D eigenvalue weighted by Crippen LogP contribution is 2.42. The van der Waals surface area contributed by atoms with E-state index in [4.69, 9.17) is 46.8 Å². The van der Waals surface area contributed by atoms with Crippen molar-refractivity contribution in [2.45, 2.75) is 238 Å². The molecule has 3 saturated heterocycles. The predicted octanol–water partition coefficient (Wildman–Crippen LogP) is 6.69. The topological polar surface area (TPSA) is 186 Å². The van der Waals surface area contributed by atoms with Crippen molar-refractivity contribution in [2.24, 2.45) is 28.8 Å². The number of hydrogen-bond donors (Lipinski definition) is 3. The highest BCUT2D eigenvalue weighted by molar-refractivity contribution is 6.70. The van der Waals surface area contributed by atoms with E-state index in [1.54, 1.807) is 48.7 Å². The second-order valence-corrected chi connectivity index (χ2v) is 31.6. The van der Waals surface area contributed by atoms with Crippen molar-refractivity contribution < 1.29 is 67.0 Å². The molecule has 0 aliphatic carbocycles. The zero-order valence-electron chi connectivity index (χ0n) is 44.2. The van der Waals surface area contributed by atoms with E-state index in [0.717, 1.165) is 0 Å². The van der Waals surface area contributed by atoms with E-state index in [2.05, 4.69) is 49.3 Å². The number of oxime groups is 1. The van der Waals surface area contributed by atoms with Crippen LogP contribution < -0.4 is 0 Å². The Hall–Kier alpha value is -1.11. The molecule has 18 heteroatoms. The van der Waals surface area contributed by atoms with Crippen LogP contribution in [0.25, 0.3) is 0 Å². The zero-order chi connectivity index (χ0) is 50.0. The average molecular weight is 965 g/mol. The van der Waals surface area contributed by atoms with E-state index in [-0.39, 0.29) is 31.4 Å². The first-order valence-electron chi connectivity index (χ1n) is 23.9. The normalized spacial score (nSPS) is 43.0. The molecule has 0 bridgehead atoms. The van der Waals surface area contributed by atoms with Crippen LogP contribution in [0.2, 0.25) is 39.3 Å². The van der Waals surface area contributed by atoms with Gasteiger partial charge in [0.05, 0.1) is 59.5 Å². The van der Waals surface area contributed by atoms with E-state index in [0.29, 0.717) is 12.1 Å². The first kappa shape index (κ1) is 58.2. The number of carbonyl (C=O) groups is 1. The third kappa shape index (κ3) is 15.0. The van der Waals surface area contributed by atoms with Crippen molar-refractivity contribution in [3.05, 3.63) is 0 Å². The summed E-state index contributed by atoms with van der Waals surface area (Å²) in [6.07, 6.45) is -6.97. The Morgan fingerprint density at radius 2 is 1.43 bits per heavy atom. The lowest BCUT2D eigenvalue weighted by Gasteiger charge is -2.51. The standard InChI is InChI=1S/C47H92N2O14Si2/c1-23-34-47(12,53)39(50)29(4)36(48-63-44(8,9)54-15)27(2)25-45(10,52)40(60-43-38(61-64(17,18)19)33(49(13)14)24-28(3)56-43)30(5)37(31(6)42(51)58-34)59-35-26-46(11,55-16)41(32(7)57-35)62-65(20,21)22/h27-35,37-41,43,50,52-53H,23-26H2,1-22H3/b48-36+. The van der Waals surface area contributed by atoms with Crippen LogP contribution in [-0.4, -0.2) is 167 Å². The molecule has 0 amide bonds. The molecule has 3 fully saturated rings. The Kier molecular flexibility index (Phi) is 20.0. The Morgan fingerprint density at radius 3 is 1.94 bits per heavy atom. The van der Waals surface area contributed by atoms with Gasteiger partial charge in [0.1, 0.15) is 17.8 Å². The summed E-state index contributed by atoms with van der Waals surface area (Å²) < 4.78 is 59.1. The van der Waals surface area contributed by atoms with Crippen molar-refractivity contribution in [1.82, 2.24) is 4.90 Å². The second-order valence-electron chi connectivity index (χ2n) is 22.7. The fraction of sp³-hybridized carbons (Fsp3) is 0.957. The molecule has 16 nitrogen and oxygen atoms in total. The van der Waals surface area contributed by atoms with Crippen LogP contribution in [0.3, 0.4) is 0 Å². The number of esters is 1. The fourth-order valence-corrected chi connectivity index (χ4v) is 12.2. The minimum Gasteiger partial charge on any atom is -0.459 e. The summed E-state index contributed by atoms with van der Waals surface area (Å²) in [5.41, 5.74) is -4.12. The first-order valence-corrected chi connectivity index (χ1v) is 30.7. The summed E-state index contributed by atoms with van der Waals surface area (Å²) in [5.74, 6) is -5.02. The average Bonchev–Trinajstić information content (AvgIpc) is 3.17. The maximum Gasteiger partial charge on any atom is 0.311 e. The highest BCUT2D eigenvalue weighted by atomic mass is 28.4. The van der Waals surface area contributed by atoms with Crippen molar-refractivity contribution in [2.75, 3.05) is 28.3 Å². The largest absolute Gasteiger partial charge is 0.459 e. The van der Waals surface area contributed by atoms with Gasteiger partial charge in [-0.05, 0) is 114 Å². The summed E-state index contributed by atoms with van der Waals surface area (Å²) in [6, 6.07) is -0.0783. The van der Waals surface area contributed by atoms with E-state index < -0.39 is 124 Å². The van der Waals surface area contributed by atoms with E-state index >= 15 is 0 Å². The van der Waals surface area contributed by atoms with Crippen molar-refractivity contribution >= 4 is 28.3 Å². The lowest BCUT2D eigenvalue weighted by molar-refractivity contribution is -0.315. The summed E-state index contributed by atoms with van der Waals surface area (Å²) in [4.78, 5) is 22.8. The van der Waals surface area contributed by atoms with Gasteiger partial charge >= 0.3 is 5.97 Å². The van der Waals surface area contributed by atoms with Gasteiger partial charge in [0.15, 0.2) is 29.2 Å². The monoisotopic (exact) mass is 965 g/mol.